The van der Waals surface area contributed by atoms with Crippen LogP contribution in [0.15, 0.2) is 95.4 Å². The third-order valence-corrected chi connectivity index (χ3v) is 7.26. The van der Waals surface area contributed by atoms with Gasteiger partial charge in [0, 0.05) is 5.56 Å². The van der Waals surface area contributed by atoms with Crippen LogP contribution >= 0.6 is 23.2 Å². The molecule has 180 valence electrons. The molecule has 0 unspecified atom stereocenters. The van der Waals surface area contributed by atoms with Crippen molar-refractivity contribution in [3.63, 3.8) is 0 Å². The number of imide groups is 1. The molecule has 0 aliphatic carbocycles. The molecule has 0 N–H and O–H groups in total. The van der Waals surface area contributed by atoms with Crippen LogP contribution in [0.3, 0.4) is 0 Å². The second-order valence-electron chi connectivity index (χ2n) is 8.74. The zero-order valence-corrected chi connectivity index (χ0v) is 20.4. The Morgan fingerprint density at radius 3 is 2.22 bits per heavy atom. The Hall–Kier alpha value is -3.58. The molecule has 1 aromatic heterocycles. The van der Waals surface area contributed by atoms with Crippen molar-refractivity contribution in [3.05, 3.63) is 112 Å². The molecule has 0 spiro atoms. The first kappa shape index (κ1) is 22.9. The van der Waals surface area contributed by atoms with Gasteiger partial charge in [-0.1, -0.05) is 71.7 Å². The molecule has 2 aliphatic rings. The summed E-state index contributed by atoms with van der Waals surface area (Å²) in [5, 5.41) is 2.47. The van der Waals surface area contributed by atoms with Gasteiger partial charge in [0.2, 0.25) is 5.91 Å². The van der Waals surface area contributed by atoms with Crippen molar-refractivity contribution >= 4 is 40.7 Å². The lowest BCUT2D eigenvalue weighted by molar-refractivity contribution is -0.143. The van der Waals surface area contributed by atoms with E-state index in [-0.39, 0.29) is 18.4 Å². The molecule has 8 heteroatoms. The number of nitrogens with zero attached hydrogens (tertiary/aromatic N) is 2. The summed E-state index contributed by atoms with van der Waals surface area (Å²) in [6.07, 6.45) is -0.940. The van der Waals surface area contributed by atoms with Crippen LogP contribution < -0.4 is 5.06 Å². The fourth-order valence-electron chi connectivity index (χ4n) is 4.80. The van der Waals surface area contributed by atoms with Crippen LogP contribution in [0, 0.1) is 5.92 Å². The van der Waals surface area contributed by atoms with Gasteiger partial charge in [-0.05, 0) is 48.0 Å². The quantitative estimate of drug-likeness (QED) is 0.290. The highest BCUT2D eigenvalue weighted by atomic mass is 35.5. The lowest BCUT2D eigenvalue weighted by atomic mass is 9.94. The van der Waals surface area contributed by atoms with E-state index in [4.69, 9.17) is 32.5 Å². The van der Waals surface area contributed by atoms with E-state index in [1.165, 1.54) is 4.90 Å². The Bertz CT molecular complexity index is 1440. The minimum Gasteiger partial charge on any atom is -0.459 e. The molecule has 0 radical (unpaired) electrons. The molecule has 6 nitrogen and oxygen atoms in total. The van der Waals surface area contributed by atoms with Crippen LogP contribution in [0.4, 0.5) is 5.69 Å². The van der Waals surface area contributed by atoms with Crippen molar-refractivity contribution in [2.24, 2.45) is 5.92 Å². The van der Waals surface area contributed by atoms with Gasteiger partial charge in [0.15, 0.2) is 6.10 Å². The number of furan rings is 1. The van der Waals surface area contributed by atoms with Gasteiger partial charge in [-0.2, -0.15) is 0 Å². The monoisotopic (exact) mass is 518 g/mol. The van der Waals surface area contributed by atoms with E-state index < -0.39 is 18.1 Å². The van der Waals surface area contributed by atoms with Crippen molar-refractivity contribution in [1.82, 2.24) is 4.90 Å². The molecule has 0 saturated carbocycles. The predicted molar refractivity (Wildman–Crippen MR) is 136 cm³/mol. The average Bonchev–Trinajstić information content (AvgIpc) is 3.59. The van der Waals surface area contributed by atoms with E-state index in [0.29, 0.717) is 21.6 Å². The number of halogens is 2. The molecule has 2 amide bonds. The number of benzene rings is 3. The van der Waals surface area contributed by atoms with Gasteiger partial charge >= 0.3 is 0 Å². The van der Waals surface area contributed by atoms with Crippen LogP contribution in [0.25, 0.3) is 11.3 Å². The summed E-state index contributed by atoms with van der Waals surface area (Å²) in [5.41, 5.74) is 2.34. The lowest BCUT2D eigenvalue weighted by Gasteiger charge is -2.27. The fourth-order valence-corrected chi connectivity index (χ4v) is 5.10. The van der Waals surface area contributed by atoms with Crippen LogP contribution in [0.5, 0.6) is 0 Å². The molecular formula is C28H20Cl2N2O4. The number of para-hydroxylation sites is 1. The number of rotatable bonds is 5. The number of carbonyl (C=O) groups excluding carboxylic acids is 2. The van der Waals surface area contributed by atoms with Gasteiger partial charge in [0.25, 0.3) is 5.91 Å². The summed E-state index contributed by atoms with van der Waals surface area (Å²) in [6, 6.07) is 27.0. The Morgan fingerprint density at radius 1 is 0.778 bits per heavy atom. The first-order valence-corrected chi connectivity index (χ1v) is 12.2. The fraction of sp³-hybridized carbons (Fsp3) is 0.143. The standard InChI is InChI=1S/C28H20Cl2N2O4/c29-20-12-11-18(15-21(20)30)22-13-14-23(35-22)25-24-26(36-32(25)19-9-5-2-6-10-19)28(34)31(27(24)33)16-17-7-3-1-4-8-17/h1-15,24-26H,16H2/t24-,25-,26-/m1/s1. The SMILES string of the molecule is O=C1[C@@H]2[C@@H](c3ccc(-c4ccc(Cl)c(Cl)c4)o3)N(c3ccccc3)O[C@H]2C(=O)N1Cc1ccccc1. The second kappa shape index (κ2) is 9.13. The van der Waals surface area contributed by atoms with Crippen molar-refractivity contribution in [1.29, 1.82) is 0 Å². The molecule has 4 aromatic rings. The Labute approximate surface area is 217 Å². The second-order valence-corrected chi connectivity index (χ2v) is 9.55. The Kier molecular flexibility index (Phi) is 5.80. The molecule has 6 rings (SSSR count). The van der Waals surface area contributed by atoms with Crippen molar-refractivity contribution < 1.29 is 18.8 Å². The van der Waals surface area contributed by atoms with E-state index in [9.17, 15) is 9.59 Å². The molecule has 2 saturated heterocycles. The van der Waals surface area contributed by atoms with Crippen molar-refractivity contribution in [2.75, 3.05) is 5.06 Å². The highest BCUT2D eigenvalue weighted by Crippen LogP contribution is 2.48. The zero-order valence-electron chi connectivity index (χ0n) is 18.9. The van der Waals surface area contributed by atoms with E-state index in [1.54, 1.807) is 17.2 Å². The normalized spacial score (nSPS) is 21.3. The molecule has 3 atom stereocenters. The van der Waals surface area contributed by atoms with E-state index in [1.807, 2.05) is 78.9 Å². The van der Waals surface area contributed by atoms with Crippen LogP contribution in [-0.4, -0.2) is 22.8 Å². The summed E-state index contributed by atoms with van der Waals surface area (Å²) in [5.74, 6) is -0.319. The molecule has 0 bridgehead atoms. The van der Waals surface area contributed by atoms with Gasteiger partial charge in [0.05, 0.1) is 22.3 Å². The molecule has 2 aliphatic heterocycles. The number of amides is 2. The van der Waals surface area contributed by atoms with E-state index >= 15 is 0 Å². The zero-order chi connectivity index (χ0) is 24.8. The van der Waals surface area contributed by atoms with Crippen LogP contribution in [0.1, 0.15) is 17.4 Å². The van der Waals surface area contributed by atoms with Crippen LogP contribution in [-0.2, 0) is 21.0 Å². The topological polar surface area (TPSA) is 63.0 Å². The summed E-state index contributed by atoms with van der Waals surface area (Å²) in [7, 11) is 0. The lowest BCUT2D eigenvalue weighted by Crippen LogP contribution is -2.36. The Morgan fingerprint density at radius 2 is 1.50 bits per heavy atom. The molecule has 2 fully saturated rings. The summed E-state index contributed by atoms with van der Waals surface area (Å²) in [6.45, 7) is 0.194. The number of anilines is 1. The highest BCUT2D eigenvalue weighted by molar-refractivity contribution is 6.42. The summed E-state index contributed by atoms with van der Waals surface area (Å²) >= 11 is 12.3. The number of hydrogen-bond acceptors (Lipinski definition) is 5. The van der Waals surface area contributed by atoms with Gasteiger partial charge in [-0.15, -0.1) is 0 Å². The summed E-state index contributed by atoms with van der Waals surface area (Å²) < 4.78 is 6.24. The summed E-state index contributed by atoms with van der Waals surface area (Å²) in [4.78, 5) is 34.4. The third-order valence-electron chi connectivity index (χ3n) is 6.52. The highest BCUT2D eigenvalue weighted by Gasteiger charge is 2.60. The smallest absolute Gasteiger partial charge is 0.262 e. The van der Waals surface area contributed by atoms with Crippen molar-refractivity contribution in [2.45, 2.75) is 18.7 Å². The number of likely N-dealkylation sites (tertiary alicyclic amines) is 1. The maximum Gasteiger partial charge on any atom is 0.262 e. The number of hydroxylamine groups is 1. The Balaban J connectivity index is 1.38. The number of fused-ring (bicyclic) bond motifs is 1. The first-order chi connectivity index (χ1) is 17.5. The average molecular weight is 519 g/mol. The molecule has 3 heterocycles. The largest absolute Gasteiger partial charge is 0.459 e. The third kappa shape index (κ3) is 3.88. The predicted octanol–water partition coefficient (Wildman–Crippen LogP) is 6.30. The van der Waals surface area contributed by atoms with Gasteiger partial charge in [0.1, 0.15) is 23.5 Å². The number of carbonyl (C=O) groups is 2. The minimum absolute atomic E-state index is 0.194. The maximum atomic E-state index is 13.6. The van der Waals surface area contributed by atoms with E-state index in [2.05, 4.69) is 0 Å². The van der Waals surface area contributed by atoms with Gasteiger partial charge < -0.3 is 4.42 Å². The van der Waals surface area contributed by atoms with E-state index in [0.717, 1.165) is 16.8 Å². The van der Waals surface area contributed by atoms with Gasteiger partial charge in [-0.25, -0.2) is 5.06 Å². The van der Waals surface area contributed by atoms with Crippen molar-refractivity contribution in [3.8, 4) is 11.3 Å². The first-order valence-electron chi connectivity index (χ1n) is 11.5. The maximum absolute atomic E-state index is 13.6. The van der Waals surface area contributed by atoms with Crippen LogP contribution in [0.2, 0.25) is 10.0 Å². The molecular weight excluding hydrogens is 499 g/mol. The molecule has 36 heavy (non-hydrogen) atoms. The minimum atomic E-state index is -0.940. The number of hydrogen-bond donors (Lipinski definition) is 0. The molecule has 3 aromatic carbocycles. The van der Waals surface area contributed by atoms with Gasteiger partial charge in [-0.3, -0.25) is 19.3 Å².